The number of hydrogen-bond acceptors (Lipinski definition) is 4. The van der Waals surface area contributed by atoms with Crippen molar-refractivity contribution in [2.45, 2.75) is 18.4 Å². The molecule has 0 saturated heterocycles. The lowest BCUT2D eigenvalue weighted by molar-refractivity contribution is 0.0947. The molecule has 24 heavy (non-hydrogen) atoms. The van der Waals surface area contributed by atoms with E-state index < -0.39 is 0 Å². The van der Waals surface area contributed by atoms with Crippen LogP contribution in [0.25, 0.3) is 0 Å². The molecule has 0 bridgehead atoms. The fourth-order valence-electron chi connectivity index (χ4n) is 2.91. The fraction of sp³-hybridized carbons (Fsp3) is 0.316. The van der Waals surface area contributed by atoms with Gasteiger partial charge in [-0.05, 0) is 36.2 Å². The van der Waals surface area contributed by atoms with Gasteiger partial charge in [0.1, 0.15) is 17.2 Å². The number of benzene rings is 2. The zero-order valence-corrected chi connectivity index (χ0v) is 14.0. The molecule has 5 heteroatoms. The third kappa shape index (κ3) is 3.15. The van der Waals surface area contributed by atoms with Crippen molar-refractivity contribution in [1.29, 1.82) is 0 Å². The Hall–Kier alpha value is -2.69. The summed E-state index contributed by atoms with van der Waals surface area (Å²) in [5.41, 5.74) is 1.60. The largest absolute Gasteiger partial charge is 0.497 e. The minimum Gasteiger partial charge on any atom is -0.497 e. The Morgan fingerprint density at radius 1 is 1.00 bits per heavy atom. The van der Waals surface area contributed by atoms with Crippen LogP contribution in [0.3, 0.4) is 0 Å². The normalized spacial score (nSPS) is 18.6. The maximum Gasteiger partial charge on any atom is 0.255 e. The first-order valence-corrected chi connectivity index (χ1v) is 7.83. The van der Waals surface area contributed by atoms with Gasteiger partial charge < -0.3 is 19.5 Å². The van der Waals surface area contributed by atoms with Gasteiger partial charge in [-0.15, -0.1) is 0 Å². The van der Waals surface area contributed by atoms with Crippen molar-refractivity contribution >= 4 is 5.91 Å². The average molecular weight is 327 g/mol. The van der Waals surface area contributed by atoms with E-state index >= 15 is 0 Å². The van der Waals surface area contributed by atoms with Gasteiger partial charge in [-0.2, -0.15) is 0 Å². The number of carbonyl (C=O) groups is 1. The molecule has 1 amide bonds. The third-order valence-electron chi connectivity index (χ3n) is 4.30. The first-order chi connectivity index (χ1) is 11.7. The van der Waals surface area contributed by atoms with Crippen molar-refractivity contribution in [2.75, 3.05) is 21.3 Å². The molecule has 1 saturated carbocycles. The molecule has 0 aromatic heterocycles. The van der Waals surface area contributed by atoms with E-state index in [1.807, 2.05) is 24.3 Å². The SMILES string of the molecule is COc1ccc(OC)c(C(=O)N[C@@H]2C[C@H]2c2ccccc2OC)c1. The molecule has 126 valence electrons. The van der Waals surface area contributed by atoms with Gasteiger partial charge in [0.2, 0.25) is 0 Å². The van der Waals surface area contributed by atoms with Crippen LogP contribution in [-0.4, -0.2) is 33.3 Å². The summed E-state index contributed by atoms with van der Waals surface area (Å²) in [7, 11) is 4.78. The highest BCUT2D eigenvalue weighted by atomic mass is 16.5. The first kappa shape index (κ1) is 16.2. The molecule has 0 spiro atoms. The van der Waals surface area contributed by atoms with E-state index in [4.69, 9.17) is 14.2 Å². The molecule has 2 aromatic rings. The molecule has 1 aliphatic rings. The Morgan fingerprint density at radius 3 is 2.46 bits per heavy atom. The first-order valence-electron chi connectivity index (χ1n) is 7.83. The predicted molar refractivity (Wildman–Crippen MR) is 91.2 cm³/mol. The number of hydrogen-bond donors (Lipinski definition) is 1. The minimum atomic E-state index is -0.159. The van der Waals surface area contributed by atoms with Crippen LogP contribution >= 0.6 is 0 Å². The van der Waals surface area contributed by atoms with E-state index in [-0.39, 0.29) is 17.9 Å². The summed E-state index contributed by atoms with van der Waals surface area (Å²) < 4.78 is 15.9. The van der Waals surface area contributed by atoms with Crippen molar-refractivity contribution in [3.05, 3.63) is 53.6 Å². The van der Waals surface area contributed by atoms with Gasteiger partial charge in [0, 0.05) is 12.0 Å². The monoisotopic (exact) mass is 327 g/mol. The second-order valence-corrected chi connectivity index (χ2v) is 5.73. The van der Waals surface area contributed by atoms with Gasteiger partial charge in [-0.25, -0.2) is 0 Å². The zero-order valence-electron chi connectivity index (χ0n) is 14.0. The summed E-state index contributed by atoms with van der Waals surface area (Å²) in [5, 5.41) is 3.07. The summed E-state index contributed by atoms with van der Waals surface area (Å²) in [6.07, 6.45) is 0.901. The molecular formula is C19H21NO4. The molecule has 0 aliphatic heterocycles. The van der Waals surface area contributed by atoms with E-state index in [1.54, 1.807) is 39.5 Å². The Balaban J connectivity index is 1.73. The fourth-order valence-corrected chi connectivity index (χ4v) is 2.91. The smallest absolute Gasteiger partial charge is 0.255 e. The van der Waals surface area contributed by atoms with Crippen molar-refractivity contribution in [3.63, 3.8) is 0 Å². The highest BCUT2D eigenvalue weighted by molar-refractivity contribution is 5.97. The molecule has 1 aliphatic carbocycles. The van der Waals surface area contributed by atoms with Crippen molar-refractivity contribution in [3.8, 4) is 17.2 Å². The number of amides is 1. The molecule has 0 radical (unpaired) electrons. The average Bonchev–Trinajstić information content (AvgIpc) is 3.39. The summed E-state index contributed by atoms with van der Waals surface area (Å²) in [5.74, 6) is 2.13. The molecule has 2 atom stereocenters. The van der Waals surface area contributed by atoms with Gasteiger partial charge in [0.25, 0.3) is 5.91 Å². The van der Waals surface area contributed by atoms with Crippen LogP contribution in [0.4, 0.5) is 0 Å². The van der Waals surface area contributed by atoms with Gasteiger partial charge in [0.05, 0.1) is 26.9 Å². The van der Waals surface area contributed by atoms with Gasteiger partial charge in [0.15, 0.2) is 0 Å². The summed E-state index contributed by atoms with van der Waals surface area (Å²) in [6, 6.07) is 13.2. The zero-order chi connectivity index (χ0) is 17.1. The lowest BCUT2D eigenvalue weighted by Crippen LogP contribution is -2.27. The van der Waals surface area contributed by atoms with E-state index in [0.29, 0.717) is 17.1 Å². The van der Waals surface area contributed by atoms with Crippen molar-refractivity contribution in [1.82, 2.24) is 5.32 Å². The lowest BCUT2D eigenvalue weighted by Gasteiger charge is -2.11. The maximum atomic E-state index is 12.6. The second-order valence-electron chi connectivity index (χ2n) is 5.73. The Kier molecular flexibility index (Phi) is 4.60. The topological polar surface area (TPSA) is 56.8 Å². The molecule has 3 rings (SSSR count). The molecule has 1 fully saturated rings. The molecule has 0 heterocycles. The van der Waals surface area contributed by atoms with Crippen LogP contribution < -0.4 is 19.5 Å². The number of nitrogens with one attached hydrogen (secondary N) is 1. The second kappa shape index (κ2) is 6.83. The number of carbonyl (C=O) groups excluding carboxylic acids is 1. The summed E-state index contributed by atoms with van der Waals surface area (Å²) >= 11 is 0. The van der Waals surface area contributed by atoms with Crippen LogP contribution in [0.15, 0.2) is 42.5 Å². The van der Waals surface area contributed by atoms with E-state index in [0.717, 1.165) is 17.7 Å². The predicted octanol–water partition coefficient (Wildman–Crippen LogP) is 3.00. The summed E-state index contributed by atoms with van der Waals surface area (Å²) in [4.78, 5) is 12.6. The van der Waals surface area contributed by atoms with Crippen LogP contribution in [0.1, 0.15) is 28.3 Å². The highest BCUT2D eigenvalue weighted by Gasteiger charge is 2.41. The number of methoxy groups -OCH3 is 3. The number of para-hydroxylation sites is 1. The molecular weight excluding hydrogens is 306 g/mol. The van der Waals surface area contributed by atoms with Crippen LogP contribution in [-0.2, 0) is 0 Å². The van der Waals surface area contributed by atoms with E-state index in [1.165, 1.54) is 0 Å². The van der Waals surface area contributed by atoms with E-state index in [2.05, 4.69) is 5.32 Å². The molecule has 0 unspecified atom stereocenters. The van der Waals surface area contributed by atoms with E-state index in [9.17, 15) is 4.79 Å². The quantitative estimate of drug-likeness (QED) is 0.886. The van der Waals surface area contributed by atoms with Crippen LogP contribution in [0.5, 0.6) is 17.2 Å². The van der Waals surface area contributed by atoms with Crippen LogP contribution in [0, 0.1) is 0 Å². The Labute approximate surface area is 141 Å². The van der Waals surface area contributed by atoms with Gasteiger partial charge >= 0.3 is 0 Å². The molecule has 5 nitrogen and oxygen atoms in total. The Morgan fingerprint density at radius 2 is 1.75 bits per heavy atom. The number of rotatable bonds is 6. The molecule has 1 N–H and O–H groups in total. The standard InChI is InChI=1S/C19H21NO4/c1-22-12-8-9-18(24-3)15(10-12)19(21)20-16-11-14(16)13-6-4-5-7-17(13)23-2/h4-10,14,16H,11H2,1-3H3,(H,20,21)/t14-,16+/m0/s1. The lowest BCUT2D eigenvalue weighted by atomic mass is 10.1. The molecule has 2 aromatic carbocycles. The maximum absolute atomic E-state index is 12.6. The Bertz CT molecular complexity index is 744. The van der Waals surface area contributed by atoms with Gasteiger partial charge in [-0.3, -0.25) is 4.79 Å². The van der Waals surface area contributed by atoms with Crippen LogP contribution in [0.2, 0.25) is 0 Å². The van der Waals surface area contributed by atoms with Crippen molar-refractivity contribution < 1.29 is 19.0 Å². The van der Waals surface area contributed by atoms with Gasteiger partial charge in [-0.1, -0.05) is 18.2 Å². The highest BCUT2D eigenvalue weighted by Crippen LogP contribution is 2.44. The number of ether oxygens (including phenoxy) is 3. The van der Waals surface area contributed by atoms with Crippen molar-refractivity contribution in [2.24, 2.45) is 0 Å². The third-order valence-corrected chi connectivity index (χ3v) is 4.30. The summed E-state index contributed by atoms with van der Waals surface area (Å²) in [6.45, 7) is 0. The minimum absolute atomic E-state index is 0.102.